The summed E-state index contributed by atoms with van der Waals surface area (Å²) in [5, 5.41) is 7.47. The largest absolute Gasteiger partial charge is 0.384 e. The Morgan fingerprint density at radius 3 is 2.75 bits per heavy atom. The van der Waals surface area contributed by atoms with Gasteiger partial charge in [-0.2, -0.15) is 0 Å². The summed E-state index contributed by atoms with van der Waals surface area (Å²) in [5.74, 6) is 0.0633. The van der Waals surface area contributed by atoms with Crippen molar-refractivity contribution in [3.05, 3.63) is 52.5 Å². The van der Waals surface area contributed by atoms with Crippen molar-refractivity contribution in [3.8, 4) is 0 Å². The topological polar surface area (TPSA) is 62.8 Å². The van der Waals surface area contributed by atoms with Crippen LogP contribution in [0.15, 0.2) is 56.2 Å². The molecule has 0 radical (unpaired) electrons. The standard InChI is InChI=1S/C14H10BrN3S2/c15-10-7-8(5-6-9(10)13(16)17)19-14-18-11-3-1-2-4-12(11)20-14/h1-7H,(H3,16,17). The third kappa shape index (κ3) is 2.72. The summed E-state index contributed by atoms with van der Waals surface area (Å²) in [5.41, 5.74) is 7.24. The van der Waals surface area contributed by atoms with Gasteiger partial charge in [0.25, 0.3) is 0 Å². The number of nitrogens with zero attached hydrogens (tertiary/aromatic N) is 1. The predicted molar refractivity (Wildman–Crippen MR) is 88.9 cm³/mol. The highest BCUT2D eigenvalue weighted by Gasteiger charge is 2.08. The molecular weight excluding hydrogens is 354 g/mol. The fourth-order valence-corrected chi connectivity index (χ4v) is 4.60. The Balaban J connectivity index is 1.90. The lowest BCUT2D eigenvalue weighted by atomic mass is 10.2. The SMILES string of the molecule is N=C(N)c1ccc(Sc2nc3ccccc3s2)cc1Br. The molecule has 0 bridgehead atoms. The van der Waals surface area contributed by atoms with E-state index in [4.69, 9.17) is 11.1 Å². The highest BCUT2D eigenvalue weighted by molar-refractivity contribution is 9.10. The van der Waals surface area contributed by atoms with E-state index >= 15 is 0 Å². The minimum absolute atomic E-state index is 0.0633. The Morgan fingerprint density at radius 1 is 1.25 bits per heavy atom. The second-order valence-corrected chi connectivity index (χ2v) is 7.31. The lowest BCUT2D eigenvalue weighted by Gasteiger charge is -2.04. The van der Waals surface area contributed by atoms with Crippen molar-refractivity contribution in [2.24, 2.45) is 5.73 Å². The second-order valence-electron chi connectivity index (χ2n) is 4.10. The lowest BCUT2D eigenvalue weighted by molar-refractivity contribution is 1.29. The van der Waals surface area contributed by atoms with Crippen molar-refractivity contribution < 1.29 is 0 Å². The molecule has 20 heavy (non-hydrogen) atoms. The van der Waals surface area contributed by atoms with Gasteiger partial charge < -0.3 is 5.73 Å². The summed E-state index contributed by atoms with van der Waals surface area (Å²) < 4.78 is 3.03. The number of nitrogens with two attached hydrogens (primary N) is 1. The molecule has 0 saturated heterocycles. The highest BCUT2D eigenvalue weighted by atomic mass is 79.9. The Labute approximate surface area is 132 Å². The van der Waals surface area contributed by atoms with Crippen LogP contribution < -0.4 is 5.73 Å². The smallest absolute Gasteiger partial charge is 0.155 e. The van der Waals surface area contributed by atoms with Gasteiger partial charge in [-0.25, -0.2) is 4.98 Å². The van der Waals surface area contributed by atoms with Gasteiger partial charge >= 0.3 is 0 Å². The molecule has 2 aromatic carbocycles. The first-order valence-electron chi connectivity index (χ1n) is 5.81. The number of para-hydroxylation sites is 1. The van der Waals surface area contributed by atoms with Gasteiger partial charge in [0.2, 0.25) is 0 Å². The monoisotopic (exact) mass is 363 g/mol. The molecule has 0 fully saturated rings. The lowest BCUT2D eigenvalue weighted by Crippen LogP contribution is -2.11. The normalized spacial score (nSPS) is 10.8. The first kappa shape index (κ1) is 13.6. The van der Waals surface area contributed by atoms with Crippen LogP contribution in [0.5, 0.6) is 0 Å². The number of aromatic nitrogens is 1. The predicted octanol–water partition coefficient (Wildman–Crippen LogP) is 4.49. The number of hydrogen-bond donors (Lipinski definition) is 2. The number of amidine groups is 1. The van der Waals surface area contributed by atoms with Gasteiger partial charge in [0.1, 0.15) is 5.84 Å². The maximum absolute atomic E-state index is 7.47. The van der Waals surface area contributed by atoms with E-state index in [9.17, 15) is 0 Å². The van der Waals surface area contributed by atoms with Crippen LogP contribution in [0.1, 0.15) is 5.56 Å². The van der Waals surface area contributed by atoms with Crippen molar-refractivity contribution in [3.63, 3.8) is 0 Å². The molecule has 3 nitrogen and oxygen atoms in total. The minimum atomic E-state index is 0.0633. The zero-order valence-corrected chi connectivity index (χ0v) is 13.5. The van der Waals surface area contributed by atoms with E-state index in [0.717, 1.165) is 19.2 Å². The molecule has 3 N–H and O–H groups in total. The van der Waals surface area contributed by atoms with E-state index < -0.39 is 0 Å². The van der Waals surface area contributed by atoms with E-state index in [1.165, 1.54) is 4.70 Å². The molecule has 1 aromatic heterocycles. The summed E-state index contributed by atoms with van der Waals surface area (Å²) in [7, 11) is 0. The number of nitrogens with one attached hydrogen (secondary N) is 1. The molecule has 0 atom stereocenters. The molecular formula is C14H10BrN3S2. The van der Waals surface area contributed by atoms with Crippen molar-refractivity contribution >= 4 is 55.1 Å². The van der Waals surface area contributed by atoms with E-state index in [-0.39, 0.29) is 5.84 Å². The summed E-state index contributed by atoms with van der Waals surface area (Å²) in [6.07, 6.45) is 0. The van der Waals surface area contributed by atoms with Gasteiger partial charge in [0.15, 0.2) is 4.34 Å². The summed E-state index contributed by atoms with van der Waals surface area (Å²) in [4.78, 5) is 5.66. The fourth-order valence-electron chi connectivity index (χ4n) is 1.77. The van der Waals surface area contributed by atoms with Crippen LogP contribution in [0, 0.1) is 5.41 Å². The maximum Gasteiger partial charge on any atom is 0.155 e. The van der Waals surface area contributed by atoms with E-state index in [2.05, 4.69) is 27.0 Å². The number of fused-ring (bicyclic) bond motifs is 1. The van der Waals surface area contributed by atoms with E-state index in [0.29, 0.717) is 5.56 Å². The Hall–Kier alpha value is -1.37. The van der Waals surface area contributed by atoms with Gasteiger partial charge in [-0.15, -0.1) is 11.3 Å². The van der Waals surface area contributed by atoms with Crippen LogP contribution in [0.3, 0.4) is 0 Å². The van der Waals surface area contributed by atoms with Gasteiger partial charge in [0, 0.05) is 14.9 Å². The van der Waals surface area contributed by atoms with E-state index in [1.54, 1.807) is 23.1 Å². The number of hydrogen-bond acceptors (Lipinski definition) is 4. The van der Waals surface area contributed by atoms with Crippen LogP contribution in [-0.2, 0) is 0 Å². The molecule has 0 aliphatic heterocycles. The zero-order chi connectivity index (χ0) is 14.1. The van der Waals surface area contributed by atoms with E-state index in [1.807, 2.05) is 36.4 Å². The van der Waals surface area contributed by atoms with Crippen LogP contribution in [0.4, 0.5) is 0 Å². The third-order valence-electron chi connectivity index (χ3n) is 2.71. The molecule has 0 amide bonds. The average Bonchev–Trinajstić information content (AvgIpc) is 2.80. The molecule has 3 aromatic rings. The molecule has 0 unspecified atom stereocenters. The molecule has 0 aliphatic rings. The first-order chi connectivity index (χ1) is 9.63. The first-order valence-corrected chi connectivity index (χ1v) is 8.23. The molecule has 3 rings (SSSR count). The summed E-state index contributed by atoms with van der Waals surface area (Å²) in [6.45, 7) is 0. The molecule has 0 aliphatic carbocycles. The van der Waals surface area contributed by atoms with Gasteiger partial charge in [-0.05, 0) is 46.3 Å². The van der Waals surface area contributed by atoms with Crippen molar-refractivity contribution in [1.82, 2.24) is 4.98 Å². The average molecular weight is 364 g/mol. The quantitative estimate of drug-likeness (QED) is 0.532. The van der Waals surface area contributed by atoms with Crippen molar-refractivity contribution in [2.45, 2.75) is 9.24 Å². The number of thiazole rings is 1. The minimum Gasteiger partial charge on any atom is -0.384 e. The van der Waals surface area contributed by atoms with Gasteiger partial charge in [0.05, 0.1) is 10.2 Å². The Morgan fingerprint density at radius 2 is 2.05 bits per heavy atom. The Kier molecular flexibility index (Phi) is 3.78. The highest BCUT2D eigenvalue weighted by Crippen LogP contribution is 2.35. The van der Waals surface area contributed by atoms with Crippen molar-refractivity contribution in [2.75, 3.05) is 0 Å². The van der Waals surface area contributed by atoms with Crippen LogP contribution in [0.25, 0.3) is 10.2 Å². The van der Waals surface area contributed by atoms with Gasteiger partial charge in [-0.3, -0.25) is 5.41 Å². The second kappa shape index (κ2) is 5.55. The fraction of sp³-hybridized carbons (Fsp3) is 0. The third-order valence-corrected chi connectivity index (χ3v) is 5.45. The molecule has 0 saturated carbocycles. The van der Waals surface area contributed by atoms with Crippen molar-refractivity contribution in [1.29, 1.82) is 5.41 Å². The van der Waals surface area contributed by atoms with Crippen LogP contribution in [-0.4, -0.2) is 10.8 Å². The molecule has 1 heterocycles. The zero-order valence-electron chi connectivity index (χ0n) is 10.3. The van der Waals surface area contributed by atoms with Crippen LogP contribution >= 0.6 is 39.0 Å². The number of halogens is 1. The molecule has 0 spiro atoms. The summed E-state index contributed by atoms with van der Waals surface area (Å²) in [6, 6.07) is 13.9. The number of rotatable bonds is 3. The molecule has 100 valence electrons. The number of benzene rings is 2. The van der Waals surface area contributed by atoms with Gasteiger partial charge in [-0.1, -0.05) is 23.9 Å². The summed E-state index contributed by atoms with van der Waals surface area (Å²) >= 11 is 6.74. The Bertz CT molecular complexity index is 765. The maximum atomic E-state index is 7.47. The van der Waals surface area contributed by atoms with Crippen LogP contribution in [0.2, 0.25) is 0 Å². The molecule has 6 heteroatoms. The number of nitrogen functional groups attached to an aromatic ring is 1.